The van der Waals surface area contributed by atoms with E-state index in [2.05, 4.69) is 20.4 Å². The number of para-hydroxylation sites is 1. The van der Waals surface area contributed by atoms with Crippen molar-refractivity contribution in [3.63, 3.8) is 0 Å². The summed E-state index contributed by atoms with van der Waals surface area (Å²) >= 11 is 0. The Balaban J connectivity index is 1.64. The number of alkyl halides is 1. The molecule has 5 aromatic rings. The van der Waals surface area contributed by atoms with Gasteiger partial charge in [0.1, 0.15) is 18.3 Å². The number of halogens is 2. The van der Waals surface area contributed by atoms with Gasteiger partial charge in [-0.1, -0.05) is 18.2 Å². The molecule has 0 aliphatic heterocycles. The predicted octanol–water partition coefficient (Wildman–Crippen LogP) is 4.75. The molecule has 5 rings (SSSR count). The third-order valence-electron chi connectivity index (χ3n) is 5.92. The van der Waals surface area contributed by atoms with E-state index in [0.29, 0.717) is 16.6 Å². The second kappa shape index (κ2) is 9.57. The molecule has 0 fully saturated rings. The Kier molecular flexibility index (Phi) is 6.14. The van der Waals surface area contributed by atoms with E-state index in [1.165, 1.54) is 35.3 Å². The third-order valence-corrected chi connectivity index (χ3v) is 5.92. The van der Waals surface area contributed by atoms with Crippen LogP contribution in [-0.4, -0.2) is 31.6 Å². The molecule has 2 aromatic heterocycles. The second-order valence-electron chi connectivity index (χ2n) is 8.29. The van der Waals surface area contributed by atoms with E-state index in [4.69, 9.17) is 5.73 Å². The van der Waals surface area contributed by atoms with Crippen LogP contribution in [-0.2, 0) is 6.67 Å². The van der Waals surface area contributed by atoms with E-state index in [1.54, 1.807) is 12.1 Å². The van der Waals surface area contributed by atoms with Crippen LogP contribution in [0, 0.1) is 12.7 Å². The van der Waals surface area contributed by atoms with Crippen molar-refractivity contribution < 1.29 is 18.4 Å². The number of aromatic nitrogens is 4. The third kappa shape index (κ3) is 4.40. The maximum atomic E-state index is 15.0. The summed E-state index contributed by atoms with van der Waals surface area (Å²) in [4.78, 5) is 33.3. The molecule has 0 spiro atoms. The summed E-state index contributed by atoms with van der Waals surface area (Å²) in [7, 11) is 0. The number of nitrogens with zero attached hydrogens (tertiary/aromatic N) is 4. The number of carbonyl (C=O) groups is 2. The molecule has 0 saturated heterocycles. The maximum absolute atomic E-state index is 15.0. The van der Waals surface area contributed by atoms with Gasteiger partial charge in [0.15, 0.2) is 5.82 Å². The molecular weight excluding hydrogens is 478 g/mol. The second-order valence-corrected chi connectivity index (χ2v) is 8.29. The molecule has 0 bridgehead atoms. The number of amides is 2. The van der Waals surface area contributed by atoms with Gasteiger partial charge in [-0.15, -0.1) is 0 Å². The first-order valence-corrected chi connectivity index (χ1v) is 11.2. The van der Waals surface area contributed by atoms with E-state index >= 15 is 4.39 Å². The number of carbonyl (C=O) groups excluding carboxylic acids is 2. The predicted molar refractivity (Wildman–Crippen MR) is 135 cm³/mol. The zero-order valence-electron chi connectivity index (χ0n) is 19.6. The van der Waals surface area contributed by atoms with E-state index in [1.807, 2.05) is 31.2 Å². The minimum absolute atomic E-state index is 0.0228. The van der Waals surface area contributed by atoms with Crippen LogP contribution in [0.5, 0.6) is 0 Å². The number of rotatable bonds is 6. The van der Waals surface area contributed by atoms with Crippen molar-refractivity contribution in [1.82, 2.24) is 19.7 Å². The normalized spacial score (nSPS) is 11.0. The zero-order valence-corrected chi connectivity index (χ0v) is 19.6. The molecule has 184 valence electrons. The van der Waals surface area contributed by atoms with E-state index in [9.17, 15) is 14.0 Å². The molecule has 8 nitrogen and oxygen atoms in total. The van der Waals surface area contributed by atoms with Gasteiger partial charge in [-0.05, 0) is 60.5 Å². The molecule has 0 aliphatic rings. The maximum Gasteiger partial charge on any atom is 0.259 e. The van der Waals surface area contributed by atoms with Gasteiger partial charge < -0.3 is 11.1 Å². The van der Waals surface area contributed by atoms with Crippen LogP contribution < -0.4 is 11.1 Å². The molecule has 3 N–H and O–H groups in total. The standard InChI is InChI=1S/C27H20F2N6O2/c1-15-5-2-3-6-23(15)35-26(18-8-7-16(24(30)36)12-22(18)34-35)33-27(37)20-13-19(17(14-28)11-21(20)29)25-31-9-4-10-32-25/h2-13H,14H2,1H3,(H2,30,36)(H,33,37). The van der Waals surface area contributed by atoms with E-state index < -0.39 is 24.3 Å². The van der Waals surface area contributed by atoms with Crippen molar-refractivity contribution in [3.8, 4) is 17.1 Å². The van der Waals surface area contributed by atoms with Gasteiger partial charge in [0, 0.05) is 28.9 Å². The quantitative estimate of drug-likeness (QED) is 0.351. The highest BCUT2D eigenvalue weighted by Crippen LogP contribution is 2.30. The number of benzene rings is 3. The van der Waals surface area contributed by atoms with Crippen molar-refractivity contribution in [3.05, 3.63) is 101 Å². The Morgan fingerprint density at radius 2 is 1.78 bits per heavy atom. The number of primary amides is 1. The van der Waals surface area contributed by atoms with Gasteiger partial charge >= 0.3 is 0 Å². The molecule has 10 heteroatoms. The van der Waals surface area contributed by atoms with Crippen LogP contribution in [0.1, 0.15) is 31.8 Å². The van der Waals surface area contributed by atoms with Crippen LogP contribution in [0.2, 0.25) is 0 Å². The van der Waals surface area contributed by atoms with Crippen LogP contribution in [0.4, 0.5) is 14.6 Å². The fraction of sp³-hybridized carbons (Fsp3) is 0.0741. The summed E-state index contributed by atoms with van der Waals surface area (Å²) in [6, 6.07) is 15.8. The first-order valence-electron chi connectivity index (χ1n) is 11.2. The summed E-state index contributed by atoms with van der Waals surface area (Å²) in [5.74, 6) is -1.87. The lowest BCUT2D eigenvalue weighted by atomic mass is 10.0. The number of aryl methyl sites for hydroxylation is 1. The Morgan fingerprint density at radius 3 is 2.49 bits per heavy atom. The van der Waals surface area contributed by atoms with Crippen molar-refractivity contribution in [2.75, 3.05) is 5.32 Å². The molecule has 37 heavy (non-hydrogen) atoms. The smallest absolute Gasteiger partial charge is 0.259 e. The average Bonchev–Trinajstić information content (AvgIpc) is 3.26. The van der Waals surface area contributed by atoms with Gasteiger partial charge in [0.2, 0.25) is 5.91 Å². The number of anilines is 1. The lowest BCUT2D eigenvalue weighted by molar-refractivity contribution is 0.0997. The Hall–Kier alpha value is -4.99. The summed E-state index contributed by atoms with van der Waals surface area (Å²) in [6.45, 7) is 0.920. The lowest BCUT2D eigenvalue weighted by Gasteiger charge is -2.13. The van der Waals surface area contributed by atoms with Gasteiger partial charge in [-0.25, -0.2) is 23.4 Å². The van der Waals surface area contributed by atoms with Crippen LogP contribution >= 0.6 is 0 Å². The number of nitrogens with two attached hydrogens (primary N) is 1. The summed E-state index contributed by atoms with van der Waals surface area (Å²) in [5, 5.41) is 7.84. The SMILES string of the molecule is Cc1ccccc1-n1nc2cc(C(N)=O)ccc2c1NC(=O)c1cc(-c2ncccn2)c(CF)cc1F. The van der Waals surface area contributed by atoms with Crippen molar-refractivity contribution in [2.24, 2.45) is 5.73 Å². The van der Waals surface area contributed by atoms with Crippen LogP contribution in [0.3, 0.4) is 0 Å². The number of hydrogen-bond donors (Lipinski definition) is 2. The highest BCUT2D eigenvalue weighted by Gasteiger charge is 2.22. The Morgan fingerprint density at radius 1 is 1.03 bits per heavy atom. The topological polar surface area (TPSA) is 116 Å². The summed E-state index contributed by atoms with van der Waals surface area (Å²) < 4.78 is 30.2. The first-order chi connectivity index (χ1) is 17.9. The average molecular weight is 498 g/mol. The molecule has 3 aromatic carbocycles. The van der Waals surface area contributed by atoms with Crippen LogP contribution in [0.15, 0.2) is 73.1 Å². The molecule has 2 amide bonds. The number of nitrogens with one attached hydrogen (secondary N) is 1. The zero-order chi connectivity index (χ0) is 26.1. The van der Waals surface area contributed by atoms with Crippen molar-refractivity contribution in [2.45, 2.75) is 13.6 Å². The largest absolute Gasteiger partial charge is 0.366 e. The molecule has 2 heterocycles. The first kappa shape index (κ1) is 23.7. The summed E-state index contributed by atoms with van der Waals surface area (Å²) in [5.41, 5.74) is 7.52. The Bertz CT molecular complexity index is 1670. The van der Waals surface area contributed by atoms with Crippen molar-refractivity contribution in [1.29, 1.82) is 0 Å². The fourth-order valence-corrected chi connectivity index (χ4v) is 4.06. The number of hydrogen-bond acceptors (Lipinski definition) is 5. The summed E-state index contributed by atoms with van der Waals surface area (Å²) in [6.07, 6.45) is 2.95. The highest BCUT2D eigenvalue weighted by atomic mass is 19.1. The minimum atomic E-state index is -0.959. The molecular formula is C27H20F2N6O2. The lowest BCUT2D eigenvalue weighted by Crippen LogP contribution is -2.17. The van der Waals surface area contributed by atoms with Gasteiger partial charge in [-0.2, -0.15) is 5.10 Å². The molecule has 0 aliphatic carbocycles. The molecule has 0 radical (unpaired) electrons. The van der Waals surface area contributed by atoms with E-state index in [0.717, 1.165) is 11.6 Å². The molecule has 0 saturated carbocycles. The van der Waals surface area contributed by atoms with Gasteiger partial charge in [0.05, 0.1) is 16.8 Å². The monoisotopic (exact) mass is 498 g/mol. The fourth-order valence-electron chi connectivity index (χ4n) is 4.06. The molecule has 0 atom stereocenters. The van der Waals surface area contributed by atoms with Crippen LogP contribution in [0.25, 0.3) is 28.0 Å². The minimum Gasteiger partial charge on any atom is -0.366 e. The number of fused-ring (bicyclic) bond motifs is 1. The van der Waals surface area contributed by atoms with Gasteiger partial charge in [-0.3, -0.25) is 9.59 Å². The van der Waals surface area contributed by atoms with E-state index in [-0.39, 0.29) is 33.9 Å². The highest BCUT2D eigenvalue weighted by molar-refractivity contribution is 6.09. The van der Waals surface area contributed by atoms with Crippen molar-refractivity contribution >= 4 is 28.5 Å². The Labute approximate surface area is 209 Å². The molecule has 0 unspecified atom stereocenters. The van der Waals surface area contributed by atoms with Gasteiger partial charge in [0.25, 0.3) is 5.91 Å².